The fraction of sp³-hybridized carbons (Fsp3) is 0.579. The molecule has 23 heavy (non-hydrogen) atoms. The molecule has 4 nitrogen and oxygen atoms in total. The fourth-order valence-corrected chi connectivity index (χ4v) is 3.80. The number of nitrogens with zero attached hydrogens (tertiary/aromatic N) is 3. The summed E-state index contributed by atoms with van der Waals surface area (Å²) in [6.07, 6.45) is 6.59. The number of hydrogen-bond acceptors (Lipinski definition) is 3. The van der Waals surface area contributed by atoms with Crippen molar-refractivity contribution in [2.75, 3.05) is 6.54 Å². The lowest BCUT2D eigenvalue weighted by Crippen LogP contribution is -2.44. The largest absolute Gasteiger partial charge is 0.299 e. The first kappa shape index (κ1) is 16.2. The second kappa shape index (κ2) is 6.83. The summed E-state index contributed by atoms with van der Waals surface area (Å²) in [6, 6.07) is 6.99. The Bertz CT molecular complexity index is 735. The van der Waals surface area contributed by atoms with Gasteiger partial charge in [0.15, 0.2) is 0 Å². The van der Waals surface area contributed by atoms with Gasteiger partial charge < -0.3 is 0 Å². The van der Waals surface area contributed by atoms with Gasteiger partial charge in [-0.15, -0.1) is 0 Å². The molecule has 2 heterocycles. The van der Waals surface area contributed by atoms with Crippen LogP contribution in [0.15, 0.2) is 29.3 Å². The van der Waals surface area contributed by atoms with E-state index in [1.807, 2.05) is 25.1 Å². The van der Waals surface area contributed by atoms with Crippen molar-refractivity contribution < 1.29 is 0 Å². The van der Waals surface area contributed by atoms with Gasteiger partial charge in [-0.1, -0.05) is 18.6 Å². The van der Waals surface area contributed by atoms with Crippen molar-refractivity contribution in [1.82, 2.24) is 14.5 Å². The number of likely N-dealkylation sites (tertiary alicyclic amines) is 1. The van der Waals surface area contributed by atoms with Crippen LogP contribution in [0.2, 0.25) is 0 Å². The molecule has 1 unspecified atom stereocenters. The highest BCUT2D eigenvalue weighted by atomic mass is 16.1. The highest BCUT2D eigenvalue weighted by Gasteiger charge is 2.24. The zero-order valence-corrected chi connectivity index (χ0v) is 14.5. The van der Waals surface area contributed by atoms with Crippen molar-refractivity contribution in [1.29, 1.82) is 0 Å². The van der Waals surface area contributed by atoms with Crippen LogP contribution in [0.5, 0.6) is 0 Å². The van der Waals surface area contributed by atoms with Crippen LogP contribution in [0, 0.1) is 6.92 Å². The smallest absolute Gasteiger partial charge is 0.261 e. The summed E-state index contributed by atoms with van der Waals surface area (Å²) in [4.78, 5) is 19.8. The van der Waals surface area contributed by atoms with E-state index in [2.05, 4.69) is 23.7 Å². The average Bonchev–Trinajstić information content (AvgIpc) is 2.55. The van der Waals surface area contributed by atoms with Crippen LogP contribution in [0.25, 0.3) is 10.9 Å². The quantitative estimate of drug-likeness (QED) is 0.869. The molecule has 1 aromatic carbocycles. The lowest BCUT2D eigenvalue weighted by atomic mass is 9.97. The summed E-state index contributed by atoms with van der Waals surface area (Å²) in [7, 11) is 0. The molecule has 0 N–H and O–H groups in total. The van der Waals surface area contributed by atoms with Crippen molar-refractivity contribution in [3.05, 3.63) is 40.4 Å². The first-order chi connectivity index (χ1) is 11.1. The Morgan fingerprint density at radius 2 is 2.13 bits per heavy atom. The lowest BCUT2D eigenvalue weighted by Gasteiger charge is -2.38. The Morgan fingerprint density at radius 3 is 2.91 bits per heavy atom. The summed E-state index contributed by atoms with van der Waals surface area (Å²) in [6.45, 7) is 8.48. The van der Waals surface area contributed by atoms with Gasteiger partial charge in [0.05, 0.1) is 17.2 Å². The number of piperidine rings is 1. The van der Waals surface area contributed by atoms with Crippen molar-refractivity contribution in [3.8, 4) is 0 Å². The third-order valence-electron chi connectivity index (χ3n) is 5.09. The summed E-state index contributed by atoms with van der Waals surface area (Å²) in [5.41, 5.74) is 1.98. The predicted octanol–water partition coefficient (Wildman–Crippen LogP) is 3.36. The third-order valence-corrected chi connectivity index (χ3v) is 5.09. The molecule has 0 bridgehead atoms. The van der Waals surface area contributed by atoms with Gasteiger partial charge in [0.2, 0.25) is 0 Å². The van der Waals surface area contributed by atoms with Gasteiger partial charge in [-0.25, -0.2) is 4.98 Å². The monoisotopic (exact) mass is 313 g/mol. The number of rotatable bonds is 4. The molecule has 1 atom stereocenters. The number of hydrogen-bond donors (Lipinski definition) is 0. The highest BCUT2D eigenvalue weighted by molar-refractivity contribution is 5.80. The molecule has 1 aromatic heterocycles. The number of aryl methyl sites for hydroxylation is 2. The molecule has 0 aliphatic carbocycles. The number of para-hydroxylation sites is 1. The Kier molecular flexibility index (Phi) is 4.81. The van der Waals surface area contributed by atoms with Crippen LogP contribution in [-0.2, 0) is 6.54 Å². The Hall–Kier alpha value is -1.68. The second-order valence-electron chi connectivity index (χ2n) is 6.98. The summed E-state index contributed by atoms with van der Waals surface area (Å²) in [5, 5.41) is 0.733. The normalized spacial score (nSPS) is 19.6. The summed E-state index contributed by atoms with van der Waals surface area (Å²) < 4.78 is 1.79. The van der Waals surface area contributed by atoms with E-state index in [1.54, 1.807) is 10.9 Å². The molecular weight excluding hydrogens is 286 g/mol. The molecule has 1 saturated heterocycles. The Morgan fingerprint density at radius 1 is 1.30 bits per heavy atom. The summed E-state index contributed by atoms with van der Waals surface area (Å²) in [5.74, 6) is 0. The molecule has 0 saturated carbocycles. The minimum atomic E-state index is 0.0885. The van der Waals surface area contributed by atoms with Gasteiger partial charge in [-0.05, 0) is 58.2 Å². The van der Waals surface area contributed by atoms with Crippen LogP contribution < -0.4 is 5.56 Å². The van der Waals surface area contributed by atoms with Crippen molar-refractivity contribution in [2.45, 2.75) is 65.1 Å². The van der Waals surface area contributed by atoms with Gasteiger partial charge in [0, 0.05) is 18.6 Å². The molecular formula is C19H27N3O. The van der Waals surface area contributed by atoms with Crippen LogP contribution in [0.3, 0.4) is 0 Å². The third kappa shape index (κ3) is 3.32. The highest BCUT2D eigenvalue weighted by Crippen LogP contribution is 2.22. The van der Waals surface area contributed by atoms with Gasteiger partial charge in [0.1, 0.15) is 0 Å². The van der Waals surface area contributed by atoms with Crippen LogP contribution in [-0.4, -0.2) is 33.1 Å². The zero-order valence-electron chi connectivity index (χ0n) is 14.5. The van der Waals surface area contributed by atoms with E-state index in [1.165, 1.54) is 25.8 Å². The van der Waals surface area contributed by atoms with E-state index in [0.29, 0.717) is 12.1 Å². The minimum Gasteiger partial charge on any atom is -0.299 e. The van der Waals surface area contributed by atoms with Gasteiger partial charge in [-0.2, -0.15) is 0 Å². The molecule has 0 amide bonds. The van der Waals surface area contributed by atoms with Crippen LogP contribution in [0.1, 0.15) is 45.1 Å². The maximum absolute atomic E-state index is 12.7. The number of benzene rings is 1. The summed E-state index contributed by atoms with van der Waals surface area (Å²) >= 11 is 0. The lowest BCUT2D eigenvalue weighted by molar-refractivity contribution is 0.102. The topological polar surface area (TPSA) is 38.1 Å². The first-order valence-corrected chi connectivity index (χ1v) is 8.78. The van der Waals surface area contributed by atoms with Gasteiger partial charge in [0.25, 0.3) is 5.56 Å². The predicted molar refractivity (Wildman–Crippen MR) is 94.8 cm³/mol. The molecule has 3 rings (SSSR count). The van der Waals surface area contributed by atoms with E-state index in [0.717, 1.165) is 29.4 Å². The molecule has 4 heteroatoms. The average molecular weight is 313 g/mol. The molecule has 1 aliphatic rings. The van der Waals surface area contributed by atoms with Crippen molar-refractivity contribution >= 4 is 10.9 Å². The van der Waals surface area contributed by atoms with E-state index < -0.39 is 0 Å². The van der Waals surface area contributed by atoms with Crippen LogP contribution >= 0.6 is 0 Å². The standard InChI is InChI=1S/C19H27N3O/c1-14(2)22-11-5-4-8-16(22)10-12-21-13-20-18-15(3)7-6-9-17(18)19(21)23/h6-7,9,13-14,16H,4-5,8,10-12H2,1-3H3. The number of aromatic nitrogens is 2. The van der Waals surface area contributed by atoms with Crippen molar-refractivity contribution in [3.63, 3.8) is 0 Å². The SMILES string of the molecule is Cc1cccc2c(=O)n(CCC3CCCCN3C(C)C)cnc12. The first-order valence-electron chi connectivity index (χ1n) is 8.78. The second-order valence-corrected chi connectivity index (χ2v) is 6.98. The molecule has 1 aliphatic heterocycles. The number of fused-ring (bicyclic) bond motifs is 1. The van der Waals surface area contributed by atoms with Crippen molar-refractivity contribution in [2.24, 2.45) is 0 Å². The van der Waals surface area contributed by atoms with E-state index in [-0.39, 0.29) is 5.56 Å². The minimum absolute atomic E-state index is 0.0885. The molecule has 0 spiro atoms. The van der Waals surface area contributed by atoms with Gasteiger partial charge in [-0.3, -0.25) is 14.3 Å². The van der Waals surface area contributed by atoms with Gasteiger partial charge >= 0.3 is 0 Å². The maximum Gasteiger partial charge on any atom is 0.261 e. The molecule has 124 valence electrons. The van der Waals surface area contributed by atoms with Crippen LogP contribution in [0.4, 0.5) is 0 Å². The molecule has 0 radical (unpaired) electrons. The Labute approximate surface area is 138 Å². The fourth-order valence-electron chi connectivity index (χ4n) is 3.80. The van der Waals surface area contributed by atoms with E-state index in [9.17, 15) is 4.79 Å². The van der Waals surface area contributed by atoms with E-state index in [4.69, 9.17) is 0 Å². The molecule has 1 fully saturated rings. The maximum atomic E-state index is 12.7. The molecule has 2 aromatic rings. The Balaban J connectivity index is 1.79. The van der Waals surface area contributed by atoms with E-state index >= 15 is 0 Å². The zero-order chi connectivity index (χ0) is 16.4.